The van der Waals surface area contributed by atoms with E-state index in [9.17, 15) is 4.79 Å². The molecular weight excluding hydrogens is 354 g/mol. The van der Waals surface area contributed by atoms with Gasteiger partial charge in [0.05, 0.1) is 5.54 Å². The highest BCUT2D eigenvalue weighted by Gasteiger charge is 2.72. The average molecular weight is 380 g/mol. The van der Waals surface area contributed by atoms with Gasteiger partial charge in [0.15, 0.2) is 5.78 Å². The SMILES string of the molecule is O=C(c1ccccc1)[C@H]1C[C@@H](c2ccccc2)[C@@]23CCC[C@]12Nc1ccccc13. The summed E-state index contributed by atoms with van der Waals surface area (Å²) >= 11 is 0. The van der Waals surface area contributed by atoms with Crippen molar-refractivity contribution >= 4 is 11.5 Å². The van der Waals surface area contributed by atoms with E-state index in [1.807, 2.05) is 30.3 Å². The van der Waals surface area contributed by atoms with Crippen molar-refractivity contribution in [1.82, 2.24) is 0 Å². The Hall–Kier alpha value is -2.87. The Kier molecular flexibility index (Phi) is 3.56. The van der Waals surface area contributed by atoms with Gasteiger partial charge >= 0.3 is 0 Å². The predicted octanol–water partition coefficient (Wildman–Crippen LogP) is 5.96. The molecule has 3 aromatic carbocycles. The number of ketones is 1. The molecule has 0 bridgehead atoms. The van der Waals surface area contributed by atoms with E-state index in [0.29, 0.717) is 11.7 Å². The molecular formula is C27H25NO. The van der Waals surface area contributed by atoms with Gasteiger partial charge in [0, 0.05) is 22.6 Å². The molecule has 144 valence electrons. The summed E-state index contributed by atoms with van der Waals surface area (Å²) in [6.45, 7) is 0. The smallest absolute Gasteiger partial charge is 0.168 e. The minimum atomic E-state index is -0.176. The lowest BCUT2D eigenvalue weighted by Crippen LogP contribution is -2.52. The first kappa shape index (κ1) is 17.0. The highest BCUT2D eigenvalue weighted by molar-refractivity contribution is 6.00. The number of nitrogens with one attached hydrogen (secondary N) is 1. The van der Waals surface area contributed by atoms with Crippen LogP contribution in [-0.2, 0) is 5.41 Å². The number of hydrogen-bond donors (Lipinski definition) is 1. The number of benzene rings is 3. The molecule has 0 aromatic heterocycles. The van der Waals surface area contributed by atoms with Crippen LogP contribution in [0.25, 0.3) is 0 Å². The van der Waals surface area contributed by atoms with E-state index >= 15 is 0 Å². The molecule has 3 aliphatic rings. The molecule has 1 aliphatic heterocycles. The summed E-state index contributed by atoms with van der Waals surface area (Å²) in [5, 5.41) is 3.94. The zero-order valence-electron chi connectivity index (χ0n) is 16.5. The van der Waals surface area contributed by atoms with Crippen LogP contribution < -0.4 is 5.32 Å². The number of hydrogen-bond acceptors (Lipinski definition) is 2. The van der Waals surface area contributed by atoms with E-state index in [-0.39, 0.29) is 16.9 Å². The molecule has 2 nitrogen and oxygen atoms in total. The van der Waals surface area contributed by atoms with Gasteiger partial charge in [-0.15, -0.1) is 0 Å². The van der Waals surface area contributed by atoms with Crippen LogP contribution in [0, 0.1) is 5.92 Å². The minimum Gasteiger partial charge on any atom is -0.378 e. The lowest BCUT2D eigenvalue weighted by molar-refractivity contribution is 0.0873. The molecule has 2 saturated carbocycles. The second-order valence-electron chi connectivity index (χ2n) is 8.95. The summed E-state index contributed by atoms with van der Waals surface area (Å²) in [6.07, 6.45) is 4.30. The lowest BCUT2D eigenvalue weighted by Gasteiger charge is -2.41. The number of anilines is 1. The maximum atomic E-state index is 13.8. The molecule has 0 radical (unpaired) electrons. The molecule has 1 heterocycles. The van der Waals surface area contributed by atoms with Crippen molar-refractivity contribution in [2.24, 2.45) is 5.92 Å². The van der Waals surface area contributed by atoms with Gasteiger partial charge in [-0.3, -0.25) is 4.79 Å². The molecule has 0 saturated heterocycles. The highest BCUT2D eigenvalue weighted by atomic mass is 16.1. The van der Waals surface area contributed by atoms with Crippen LogP contribution in [0.5, 0.6) is 0 Å². The Morgan fingerprint density at radius 3 is 2.31 bits per heavy atom. The first-order valence-corrected chi connectivity index (χ1v) is 10.8. The zero-order chi connectivity index (χ0) is 19.5. The molecule has 0 unspecified atom stereocenters. The Morgan fingerprint density at radius 2 is 1.52 bits per heavy atom. The Labute approximate surface area is 172 Å². The molecule has 0 spiro atoms. The molecule has 2 fully saturated rings. The maximum Gasteiger partial charge on any atom is 0.168 e. The molecule has 29 heavy (non-hydrogen) atoms. The largest absolute Gasteiger partial charge is 0.378 e. The van der Waals surface area contributed by atoms with Crippen LogP contribution in [0.3, 0.4) is 0 Å². The minimum absolute atomic E-state index is 0.0000533. The predicted molar refractivity (Wildman–Crippen MR) is 116 cm³/mol. The second kappa shape index (κ2) is 6.06. The van der Waals surface area contributed by atoms with Crippen molar-refractivity contribution in [2.75, 3.05) is 5.32 Å². The van der Waals surface area contributed by atoms with E-state index in [0.717, 1.165) is 24.8 Å². The summed E-state index contributed by atoms with van der Waals surface area (Å²) in [5.74, 6) is 0.653. The fourth-order valence-electron chi connectivity index (χ4n) is 6.99. The first-order valence-electron chi connectivity index (χ1n) is 10.8. The zero-order valence-corrected chi connectivity index (χ0v) is 16.5. The molecule has 2 heteroatoms. The van der Waals surface area contributed by atoms with E-state index in [1.54, 1.807) is 0 Å². The molecule has 2 aliphatic carbocycles. The standard InChI is InChI=1S/C27H25NO/c29-25(20-12-5-2-6-13-20)23-18-22(19-10-3-1-4-11-19)26-16-9-17-27(23,26)28-24-15-8-7-14-21(24)26/h1-8,10-15,22-23,28H,9,16-18H2/t22-,23+,26-,27-/m0/s1. The van der Waals surface area contributed by atoms with Crippen molar-refractivity contribution in [3.05, 3.63) is 102 Å². The molecule has 4 atom stereocenters. The van der Waals surface area contributed by atoms with Crippen molar-refractivity contribution in [2.45, 2.75) is 42.6 Å². The van der Waals surface area contributed by atoms with Crippen LogP contribution in [-0.4, -0.2) is 11.3 Å². The van der Waals surface area contributed by atoms with Crippen molar-refractivity contribution < 1.29 is 4.79 Å². The van der Waals surface area contributed by atoms with Gasteiger partial charge in [-0.1, -0.05) is 85.3 Å². The monoisotopic (exact) mass is 379 g/mol. The van der Waals surface area contributed by atoms with E-state index < -0.39 is 0 Å². The summed E-state index contributed by atoms with van der Waals surface area (Å²) in [4.78, 5) is 13.8. The number of carbonyl (C=O) groups is 1. The third kappa shape index (κ3) is 2.09. The van der Waals surface area contributed by atoms with Gasteiger partial charge in [-0.25, -0.2) is 0 Å². The van der Waals surface area contributed by atoms with Gasteiger partial charge in [-0.05, 0) is 42.4 Å². The second-order valence-corrected chi connectivity index (χ2v) is 8.95. The Balaban J connectivity index is 1.56. The van der Waals surface area contributed by atoms with Gasteiger partial charge < -0.3 is 5.32 Å². The van der Waals surface area contributed by atoms with Gasteiger partial charge in [0.2, 0.25) is 0 Å². The topological polar surface area (TPSA) is 29.1 Å². The summed E-state index contributed by atoms with van der Waals surface area (Å²) in [7, 11) is 0. The van der Waals surface area contributed by atoms with Gasteiger partial charge in [0.1, 0.15) is 0 Å². The summed E-state index contributed by atoms with van der Waals surface area (Å²) in [5.41, 5.74) is 4.71. The number of carbonyl (C=O) groups excluding carboxylic acids is 1. The number of rotatable bonds is 3. The number of para-hydroxylation sites is 1. The number of Topliss-reactive ketones (excluding diaryl/α,β-unsaturated/α-hetero) is 1. The summed E-state index contributed by atoms with van der Waals surface area (Å²) < 4.78 is 0. The fraction of sp³-hybridized carbons (Fsp3) is 0.296. The van der Waals surface area contributed by atoms with Gasteiger partial charge in [0.25, 0.3) is 0 Å². The Morgan fingerprint density at radius 1 is 0.828 bits per heavy atom. The van der Waals surface area contributed by atoms with Crippen molar-refractivity contribution in [1.29, 1.82) is 0 Å². The average Bonchev–Trinajstić information content (AvgIpc) is 3.36. The fourth-order valence-corrected chi connectivity index (χ4v) is 6.99. The maximum absolute atomic E-state index is 13.8. The highest BCUT2D eigenvalue weighted by Crippen LogP contribution is 2.71. The third-order valence-electron chi connectivity index (χ3n) is 7.94. The quantitative estimate of drug-likeness (QED) is 0.569. The van der Waals surface area contributed by atoms with Crippen LogP contribution in [0.4, 0.5) is 5.69 Å². The van der Waals surface area contributed by atoms with E-state index in [4.69, 9.17) is 0 Å². The normalized spacial score (nSPS) is 31.6. The third-order valence-corrected chi connectivity index (χ3v) is 7.94. The lowest BCUT2D eigenvalue weighted by atomic mass is 9.64. The first-order chi connectivity index (χ1) is 14.3. The molecule has 0 amide bonds. The van der Waals surface area contributed by atoms with Crippen molar-refractivity contribution in [3.63, 3.8) is 0 Å². The van der Waals surface area contributed by atoms with E-state index in [2.05, 4.69) is 59.9 Å². The Bertz CT molecular complexity index is 1080. The van der Waals surface area contributed by atoms with Crippen LogP contribution in [0.1, 0.15) is 53.1 Å². The van der Waals surface area contributed by atoms with Gasteiger partial charge in [-0.2, -0.15) is 0 Å². The van der Waals surface area contributed by atoms with E-state index in [1.165, 1.54) is 23.2 Å². The molecule has 1 N–H and O–H groups in total. The van der Waals surface area contributed by atoms with Crippen LogP contribution in [0.15, 0.2) is 84.9 Å². The summed E-state index contributed by atoms with van der Waals surface area (Å²) in [6, 6.07) is 29.6. The molecule has 3 aromatic rings. The number of fused-ring (bicyclic) bond motifs is 1. The molecule has 6 rings (SSSR count). The van der Waals surface area contributed by atoms with Crippen molar-refractivity contribution in [3.8, 4) is 0 Å². The van der Waals surface area contributed by atoms with Crippen LogP contribution >= 0.6 is 0 Å². The van der Waals surface area contributed by atoms with Crippen LogP contribution in [0.2, 0.25) is 0 Å².